The van der Waals surface area contributed by atoms with Crippen molar-refractivity contribution in [1.29, 1.82) is 0 Å². The SMILES string of the molecule is CC(C)N1CCOC(CN2CCN(c3ncnc4nc[nH]c34)CC2)C1. The molecule has 2 saturated heterocycles. The highest BCUT2D eigenvalue weighted by atomic mass is 16.5. The van der Waals surface area contributed by atoms with Crippen molar-refractivity contribution in [2.75, 3.05) is 57.3 Å². The van der Waals surface area contributed by atoms with Crippen LogP contribution in [0.25, 0.3) is 11.2 Å². The number of morpholine rings is 1. The molecule has 25 heavy (non-hydrogen) atoms. The van der Waals surface area contributed by atoms with Crippen molar-refractivity contribution in [2.24, 2.45) is 0 Å². The minimum Gasteiger partial charge on any atom is -0.374 e. The van der Waals surface area contributed by atoms with E-state index >= 15 is 0 Å². The van der Waals surface area contributed by atoms with Gasteiger partial charge in [0, 0.05) is 51.9 Å². The van der Waals surface area contributed by atoms with Crippen LogP contribution in [0, 0.1) is 0 Å². The lowest BCUT2D eigenvalue weighted by Crippen LogP contribution is -2.53. The first-order valence-electron chi connectivity index (χ1n) is 9.18. The van der Waals surface area contributed by atoms with Gasteiger partial charge < -0.3 is 14.6 Å². The molecule has 0 spiro atoms. The molecule has 1 N–H and O–H groups in total. The lowest BCUT2D eigenvalue weighted by atomic mass is 10.2. The molecular weight excluding hydrogens is 318 g/mol. The molecule has 2 fully saturated rings. The minimum absolute atomic E-state index is 0.320. The van der Waals surface area contributed by atoms with Crippen LogP contribution in [-0.2, 0) is 4.74 Å². The molecule has 1 atom stereocenters. The van der Waals surface area contributed by atoms with Gasteiger partial charge in [0.1, 0.15) is 11.8 Å². The monoisotopic (exact) mass is 345 g/mol. The van der Waals surface area contributed by atoms with Gasteiger partial charge in [0.05, 0.1) is 19.0 Å². The van der Waals surface area contributed by atoms with Gasteiger partial charge in [-0.05, 0) is 13.8 Å². The van der Waals surface area contributed by atoms with Gasteiger partial charge in [-0.2, -0.15) is 0 Å². The number of ether oxygens (including phenoxy) is 1. The number of fused-ring (bicyclic) bond motifs is 1. The summed E-state index contributed by atoms with van der Waals surface area (Å²) in [7, 11) is 0. The van der Waals surface area contributed by atoms with Crippen molar-refractivity contribution in [3.05, 3.63) is 12.7 Å². The summed E-state index contributed by atoms with van der Waals surface area (Å²) in [5.41, 5.74) is 1.66. The van der Waals surface area contributed by atoms with Gasteiger partial charge in [-0.15, -0.1) is 0 Å². The first kappa shape index (κ1) is 16.7. The van der Waals surface area contributed by atoms with Crippen molar-refractivity contribution in [1.82, 2.24) is 29.7 Å². The Morgan fingerprint density at radius 1 is 1.16 bits per heavy atom. The summed E-state index contributed by atoms with van der Waals surface area (Å²) in [6.45, 7) is 12.5. The van der Waals surface area contributed by atoms with E-state index in [0.717, 1.165) is 69.4 Å². The first-order valence-corrected chi connectivity index (χ1v) is 9.18. The molecule has 8 heteroatoms. The molecule has 4 rings (SSSR count). The van der Waals surface area contributed by atoms with Gasteiger partial charge in [0.2, 0.25) is 0 Å². The summed E-state index contributed by atoms with van der Waals surface area (Å²) in [6, 6.07) is 0.595. The van der Waals surface area contributed by atoms with E-state index < -0.39 is 0 Å². The molecule has 0 aliphatic carbocycles. The van der Waals surface area contributed by atoms with E-state index in [9.17, 15) is 0 Å². The first-order chi connectivity index (χ1) is 12.2. The smallest absolute Gasteiger partial charge is 0.182 e. The van der Waals surface area contributed by atoms with Gasteiger partial charge in [-0.3, -0.25) is 9.80 Å². The van der Waals surface area contributed by atoms with E-state index in [2.05, 4.69) is 48.5 Å². The lowest BCUT2D eigenvalue weighted by molar-refractivity contribution is -0.0525. The highest BCUT2D eigenvalue weighted by Crippen LogP contribution is 2.21. The molecule has 8 nitrogen and oxygen atoms in total. The molecule has 0 aromatic carbocycles. The fraction of sp³-hybridized carbons (Fsp3) is 0.706. The van der Waals surface area contributed by atoms with Crippen molar-refractivity contribution >= 4 is 17.0 Å². The van der Waals surface area contributed by atoms with Crippen LogP contribution in [0.4, 0.5) is 5.82 Å². The Balaban J connectivity index is 1.33. The molecule has 136 valence electrons. The molecule has 2 aromatic rings. The van der Waals surface area contributed by atoms with Crippen LogP contribution in [0.1, 0.15) is 13.8 Å². The number of aromatic amines is 1. The molecule has 4 heterocycles. The van der Waals surface area contributed by atoms with Crippen molar-refractivity contribution in [3.63, 3.8) is 0 Å². The maximum Gasteiger partial charge on any atom is 0.182 e. The van der Waals surface area contributed by atoms with Crippen LogP contribution in [0.15, 0.2) is 12.7 Å². The Labute approximate surface area is 148 Å². The zero-order valence-electron chi connectivity index (χ0n) is 15.1. The van der Waals surface area contributed by atoms with Gasteiger partial charge in [-0.1, -0.05) is 0 Å². The zero-order valence-corrected chi connectivity index (χ0v) is 15.1. The fourth-order valence-electron chi connectivity index (χ4n) is 3.74. The second-order valence-electron chi connectivity index (χ2n) is 7.17. The van der Waals surface area contributed by atoms with Crippen LogP contribution < -0.4 is 4.90 Å². The molecule has 0 radical (unpaired) electrons. The number of imidazole rings is 1. The number of H-pyrrole nitrogens is 1. The van der Waals surface area contributed by atoms with Gasteiger partial charge in [0.25, 0.3) is 0 Å². The molecule has 0 amide bonds. The van der Waals surface area contributed by atoms with Crippen molar-refractivity contribution in [3.8, 4) is 0 Å². The van der Waals surface area contributed by atoms with E-state index in [-0.39, 0.29) is 0 Å². The third-order valence-corrected chi connectivity index (χ3v) is 5.24. The molecule has 2 aliphatic heterocycles. The molecule has 2 aromatic heterocycles. The summed E-state index contributed by atoms with van der Waals surface area (Å²) in [4.78, 5) is 23.4. The Hall–Kier alpha value is -1.77. The summed E-state index contributed by atoms with van der Waals surface area (Å²) >= 11 is 0. The highest BCUT2D eigenvalue weighted by molar-refractivity contribution is 5.82. The summed E-state index contributed by atoms with van der Waals surface area (Å²) in [5, 5.41) is 0. The maximum absolute atomic E-state index is 5.99. The number of anilines is 1. The second-order valence-corrected chi connectivity index (χ2v) is 7.17. The second kappa shape index (κ2) is 7.23. The largest absolute Gasteiger partial charge is 0.374 e. The summed E-state index contributed by atoms with van der Waals surface area (Å²) < 4.78 is 5.99. The third kappa shape index (κ3) is 3.61. The number of hydrogen-bond donors (Lipinski definition) is 1. The fourth-order valence-corrected chi connectivity index (χ4v) is 3.74. The minimum atomic E-state index is 0.320. The van der Waals surface area contributed by atoms with E-state index in [4.69, 9.17) is 4.74 Å². The van der Waals surface area contributed by atoms with Gasteiger partial charge in [-0.25, -0.2) is 15.0 Å². The lowest BCUT2D eigenvalue weighted by Gasteiger charge is -2.40. The molecule has 0 saturated carbocycles. The van der Waals surface area contributed by atoms with E-state index in [1.807, 2.05) is 0 Å². The third-order valence-electron chi connectivity index (χ3n) is 5.24. The van der Waals surface area contributed by atoms with E-state index in [0.29, 0.717) is 12.1 Å². The van der Waals surface area contributed by atoms with Crippen LogP contribution in [0.5, 0.6) is 0 Å². The highest BCUT2D eigenvalue weighted by Gasteiger charge is 2.26. The van der Waals surface area contributed by atoms with Crippen LogP contribution in [0.3, 0.4) is 0 Å². The maximum atomic E-state index is 5.99. The quantitative estimate of drug-likeness (QED) is 0.869. The van der Waals surface area contributed by atoms with Gasteiger partial charge >= 0.3 is 0 Å². The summed E-state index contributed by atoms with van der Waals surface area (Å²) in [6.07, 6.45) is 3.60. The topological polar surface area (TPSA) is 73.4 Å². The Morgan fingerprint density at radius 2 is 2.00 bits per heavy atom. The molecule has 2 aliphatic rings. The van der Waals surface area contributed by atoms with E-state index in [1.165, 1.54) is 0 Å². The Morgan fingerprint density at radius 3 is 2.80 bits per heavy atom. The normalized spacial score (nSPS) is 23.6. The average molecular weight is 345 g/mol. The number of hydrogen-bond acceptors (Lipinski definition) is 7. The van der Waals surface area contributed by atoms with Gasteiger partial charge in [0.15, 0.2) is 11.5 Å². The number of nitrogens with zero attached hydrogens (tertiary/aromatic N) is 6. The predicted octanol–water partition coefficient (Wildman–Crippen LogP) is 0.584. The number of nitrogens with one attached hydrogen (secondary N) is 1. The van der Waals surface area contributed by atoms with Crippen molar-refractivity contribution in [2.45, 2.75) is 26.0 Å². The molecular formula is C17H27N7O. The number of rotatable bonds is 4. The summed E-state index contributed by atoms with van der Waals surface area (Å²) in [5.74, 6) is 0.960. The standard InChI is InChI=1S/C17H27N7O/c1-13(2)24-7-8-25-14(10-24)9-22-3-5-23(6-4-22)17-15-16(19-11-18-15)20-12-21-17/h11-14H,3-10H2,1-2H3,(H,18,19,20,21). The van der Waals surface area contributed by atoms with E-state index in [1.54, 1.807) is 12.7 Å². The zero-order chi connectivity index (χ0) is 17.2. The Bertz CT molecular complexity index is 695. The predicted molar refractivity (Wildman–Crippen MR) is 96.8 cm³/mol. The van der Waals surface area contributed by atoms with Crippen LogP contribution >= 0.6 is 0 Å². The Kier molecular flexibility index (Phi) is 4.82. The average Bonchev–Trinajstić information content (AvgIpc) is 3.11. The van der Waals surface area contributed by atoms with Crippen LogP contribution in [-0.4, -0.2) is 94.3 Å². The van der Waals surface area contributed by atoms with Crippen LogP contribution in [0.2, 0.25) is 0 Å². The van der Waals surface area contributed by atoms with Crippen molar-refractivity contribution < 1.29 is 4.74 Å². The number of aromatic nitrogens is 4. The molecule has 0 bridgehead atoms. The molecule has 1 unspecified atom stereocenters. The number of piperazine rings is 1.